The smallest absolute Gasteiger partial charge is 0.197 e. The molecule has 0 spiro atoms. The summed E-state index contributed by atoms with van der Waals surface area (Å²) in [6.45, 7) is 3.78. The Kier molecular flexibility index (Phi) is 3.56. The normalized spacial score (nSPS) is 14.7. The maximum absolute atomic E-state index is 12.7. The van der Waals surface area contributed by atoms with Gasteiger partial charge >= 0.3 is 0 Å². The van der Waals surface area contributed by atoms with E-state index in [1.54, 1.807) is 19.4 Å². The number of aromatic amines is 1. The minimum absolute atomic E-state index is 0.181. The highest BCUT2D eigenvalue weighted by atomic mass is 32.2. The maximum Gasteiger partial charge on any atom is 0.197 e. The summed E-state index contributed by atoms with van der Waals surface area (Å²) in [5, 5.41) is 0.289. The number of hydrogen-bond acceptors (Lipinski definition) is 5. The fraction of sp³-hybridized carbons (Fsp3) is 0.294. The molecule has 1 aromatic carbocycles. The molecule has 1 N–H and O–H groups in total. The monoisotopic (exact) mass is 348 g/mol. The fourth-order valence-electron chi connectivity index (χ4n) is 2.55. The third-order valence-corrected chi connectivity index (χ3v) is 4.94. The summed E-state index contributed by atoms with van der Waals surface area (Å²) in [5.41, 5.74) is 3.54. The molecule has 0 bridgehead atoms. The number of hydrogen-bond donors (Lipinski definition) is 1. The molecule has 2 heterocycles. The molecule has 6 nitrogen and oxygen atoms in total. The Labute approximate surface area is 146 Å². The molecule has 0 fully saturated rings. The molecule has 0 radical (unpaired) electrons. The number of aromatic nitrogens is 3. The van der Waals surface area contributed by atoms with Crippen LogP contribution in [0.2, 0.25) is 0 Å². The van der Waals surface area contributed by atoms with Gasteiger partial charge in [0.2, 0.25) is 0 Å². The molecule has 0 amide bonds. The van der Waals surface area contributed by atoms with E-state index in [1.807, 2.05) is 13.8 Å². The molecule has 3 aromatic rings. The van der Waals surface area contributed by atoms with E-state index in [9.17, 15) is 4.21 Å². The number of nitrogens with one attached hydrogen (secondary N) is 1. The number of rotatable bonds is 5. The quantitative estimate of drug-likeness (QED) is 0.767. The van der Waals surface area contributed by atoms with Gasteiger partial charge in [-0.05, 0) is 26.0 Å². The topological polar surface area (TPSA) is 77.1 Å². The van der Waals surface area contributed by atoms with Gasteiger partial charge in [0.05, 0.1) is 51.5 Å². The van der Waals surface area contributed by atoms with Crippen LogP contribution in [0, 0.1) is 13.8 Å². The summed E-state index contributed by atoms with van der Waals surface area (Å²) in [4.78, 5) is 11.7. The lowest BCUT2D eigenvalue weighted by Crippen LogP contribution is -2.05. The molecule has 2 aromatic heterocycles. The van der Waals surface area contributed by atoms with E-state index in [0.717, 1.165) is 16.9 Å². The van der Waals surface area contributed by atoms with Gasteiger partial charge in [-0.25, -0.2) is 4.98 Å². The van der Waals surface area contributed by atoms with Gasteiger partial charge in [0.1, 0.15) is 11.5 Å². The van der Waals surface area contributed by atoms with Gasteiger partial charge in [0.25, 0.3) is 0 Å². The van der Waals surface area contributed by atoms with E-state index in [2.05, 4.69) is 15.0 Å². The molecule has 0 aliphatic carbocycles. The van der Waals surface area contributed by atoms with E-state index in [4.69, 9.17) is 13.6 Å². The van der Waals surface area contributed by atoms with Crippen molar-refractivity contribution in [3.05, 3.63) is 41.2 Å². The first-order valence-electron chi connectivity index (χ1n) is 8.74. The van der Waals surface area contributed by atoms with Gasteiger partial charge in [-0.15, -0.1) is 0 Å². The van der Waals surface area contributed by atoms with Crippen molar-refractivity contribution in [3.8, 4) is 11.5 Å². The summed E-state index contributed by atoms with van der Waals surface area (Å²) in [5.74, 6) is 1.10. The van der Waals surface area contributed by atoms with E-state index in [-0.39, 0.29) is 16.7 Å². The van der Waals surface area contributed by atoms with Crippen molar-refractivity contribution in [1.82, 2.24) is 15.0 Å². The van der Waals surface area contributed by atoms with Crippen molar-refractivity contribution in [3.63, 3.8) is 0 Å². The zero-order valence-corrected chi connectivity index (χ0v) is 14.4. The lowest BCUT2D eigenvalue weighted by atomic mass is 10.1. The lowest BCUT2D eigenvalue weighted by molar-refractivity contribution is 0.407. The number of methoxy groups -OCH3 is 2. The Morgan fingerprint density at radius 2 is 2.17 bits per heavy atom. The van der Waals surface area contributed by atoms with Gasteiger partial charge in [-0.3, -0.25) is 9.19 Å². The molecule has 0 aliphatic heterocycles. The summed E-state index contributed by atoms with van der Waals surface area (Å²) in [7, 11) is -2.40. The number of benzene rings is 1. The molecular formula is C17H19N3O3S. The second kappa shape index (κ2) is 6.60. The molecular weight excluding hydrogens is 326 g/mol. The number of nitrogens with zero attached hydrogens (tertiary/aromatic N) is 2. The SMILES string of the molecule is [2H]C([2H])([2H])Oc1ccc2nc([S@](=O)Cc3ncc(C)c(OC)c3C)[nH]c2c1. The van der Waals surface area contributed by atoms with Crippen LogP contribution in [0.5, 0.6) is 11.5 Å². The predicted molar refractivity (Wildman–Crippen MR) is 93.0 cm³/mol. The van der Waals surface area contributed by atoms with Crippen LogP contribution in [0.3, 0.4) is 0 Å². The Morgan fingerprint density at radius 3 is 2.92 bits per heavy atom. The molecule has 126 valence electrons. The summed E-state index contributed by atoms with van der Waals surface area (Å²) in [6.07, 6.45) is 1.69. The Morgan fingerprint density at radius 1 is 1.33 bits per heavy atom. The largest absolute Gasteiger partial charge is 0.497 e. The zero-order chi connectivity index (χ0) is 19.8. The lowest BCUT2D eigenvalue weighted by Gasteiger charge is -2.11. The number of imidazole rings is 1. The van der Waals surface area contributed by atoms with E-state index in [1.165, 1.54) is 12.1 Å². The standard InChI is InChI=1S/C17H19N3O3S/c1-10-8-18-15(11(2)16(10)23-4)9-24(21)17-19-13-6-5-12(22-3)7-14(13)20-17/h5-8H,9H2,1-4H3,(H,19,20)/t24-/m1/s1/i3D3. The highest BCUT2D eigenvalue weighted by molar-refractivity contribution is 7.84. The van der Waals surface area contributed by atoms with Crippen molar-refractivity contribution in [2.45, 2.75) is 24.8 Å². The molecule has 1 atom stereocenters. The zero-order valence-electron chi connectivity index (χ0n) is 16.5. The second-order valence-corrected chi connectivity index (χ2v) is 6.73. The second-order valence-electron chi connectivity index (χ2n) is 5.36. The van der Waals surface area contributed by atoms with Crippen LogP contribution in [0.25, 0.3) is 11.0 Å². The van der Waals surface area contributed by atoms with Crippen LogP contribution in [-0.4, -0.2) is 33.3 Å². The number of H-pyrrole nitrogens is 1. The van der Waals surface area contributed by atoms with Crippen molar-refractivity contribution >= 4 is 21.8 Å². The van der Waals surface area contributed by atoms with Crippen LogP contribution >= 0.6 is 0 Å². The minimum Gasteiger partial charge on any atom is -0.497 e. The molecule has 0 saturated heterocycles. The van der Waals surface area contributed by atoms with Crippen LogP contribution in [0.1, 0.15) is 20.9 Å². The minimum atomic E-state index is -2.53. The van der Waals surface area contributed by atoms with Crippen LogP contribution < -0.4 is 9.47 Å². The maximum atomic E-state index is 12.7. The molecule has 0 aliphatic rings. The Bertz CT molecular complexity index is 1020. The number of fused-ring (bicyclic) bond motifs is 1. The third-order valence-electron chi connectivity index (χ3n) is 3.78. The van der Waals surface area contributed by atoms with Gasteiger partial charge in [0, 0.05) is 23.4 Å². The average Bonchev–Trinajstić information content (AvgIpc) is 3.00. The number of ether oxygens (including phenoxy) is 2. The average molecular weight is 348 g/mol. The highest BCUT2D eigenvalue weighted by Gasteiger charge is 2.16. The van der Waals surface area contributed by atoms with Crippen molar-refractivity contribution in [1.29, 1.82) is 0 Å². The first-order chi connectivity index (χ1) is 12.7. The first-order valence-corrected chi connectivity index (χ1v) is 8.56. The molecule has 3 rings (SSSR count). The van der Waals surface area contributed by atoms with Crippen LogP contribution in [0.4, 0.5) is 0 Å². The van der Waals surface area contributed by atoms with Gasteiger partial charge in [-0.2, -0.15) is 0 Å². The molecule has 0 unspecified atom stereocenters. The molecule has 24 heavy (non-hydrogen) atoms. The molecule has 0 saturated carbocycles. The van der Waals surface area contributed by atoms with Crippen molar-refractivity contribution < 1.29 is 17.8 Å². The van der Waals surface area contributed by atoms with Gasteiger partial charge < -0.3 is 14.5 Å². The van der Waals surface area contributed by atoms with Crippen molar-refractivity contribution in [2.75, 3.05) is 14.1 Å². The number of pyridine rings is 1. The summed E-state index contributed by atoms with van der Waals surface area (Å²) >= 11 is 0. The summed E-state index contributed by atoms with van der Waals surface area (Å²) in [6, 6.07) is 4.65. The van der Waals surface area contributed by atoms with Gasteiger partial charge in [-0.1, -0.05) is 0 Å². The summed E-state index contributed by atoms with van der Waals surface area (Å²) < 4.78 is 44.5. The van der Waals surface area contributed by atoms with E-state index < -0.39 is 17.8 Å². The predicted octanol–water partition coefficient (Wildman–Crippen LogP) is 2.90. The third kappa shape index (κ3) is 2.99. The fourth-order valence-corrected chi connectivity index (χ4v) is 3.65. The van der Waals surface area contributed by atoms with E-state index in [0.29, 0.717) is 16.7 Å². The van der Waals surface area contributed by atoms with Crippen LogP contribution in [-0.2, 0) is 16.6 Å². The molecule has 7 heteroatoms. The van der Waals surface area contributed by atoms with Gasteiger partial charge in [0.15, 0.2) is 5.16 Å². The van der Waals surface area contributed by atoms with Crippen LogP contribution in [0.15, 0.2) is 29.6 Å². The highest BCUT2D eigenvalue weighted by Crippen LogP contribution is 2.26. The van der Waals surface area contributed by atoms with Crippen molar-refractivity contribution in [2.24, 2.45) is 0 Å². The van der Waals surface area contributed by atoms with E-state index >= 15 is 0 Å². The first kappa shape index (κ1) is 12.9. The number of aryl methyl sites for hydroxylation is 1. The Hall–Kier alpha value is -2.41. The Balaban J connectivity index is 1.86.